The largest absolute Gasteiger partial charge is 0.483 e. The molecular weight excluding hydrogens is 220 g/mol. The molecule has 1 aromatic rings. The minimum Gasteiger partial charge on any atom is -0.483 e. The third kappa shape index (κ3) is 2.00. The van der Waals surface area contributed by atoms with Crippen LogP contribution in [0.5, 0.6) is 5.75 Å². The third-order valence-electron chi connectivity index (χ3n) is 3.20. The molecule has 0 aromatic heterocycles. The Balaban J connectivity index is 2.36. The minimum atomic E-state index is -0.867. The Labute approximate surface area is 99.8 Å². The molecule has 0 saturated heterocycles. The minimum absolute atomic E-state index is 0.000370. The molecule has 0 spiro atoms. The smallest absolute Gasteiger partial charge is 0.307 e. The van der Waals surface area contributed by atoms with Gasteiger partial charge in [-0.1, -0.05) is 6.07 Å². The summed E-state index contributed by atoms with van der Waals surface area (Å²) in [6.45, 7) is 1.94. The van der Waals surface area contributed by atoms with E-state index in [0.29, 0.717) is 11.4 Å². The number of rotatable bonds is 2. The predicted octanol–water partition coefficient (Wildman–Crippen LogP) is 1.33. The number of carbonyl (C=O) groups is 1. The summed E-state index contributed by atoms with van der Waals surface area (Å²) in [6.07, 6.45) is -0.408. The van der Waals surface area contributed by atoms with E-state index in [1.54, 1.807) is 6.07 Å². The number of nitrogen functional groups attached to an aromatic ring is 1. The van der Waals surface area contributed by atoms with E-state index in [4.69, 9.17) is 15.6 Å². The summed E-state index contributed by atoms with van der Waals surface area (Å²) in [5.74, 6) is -0.285. The molecule has 0 radical (unpaired) electrons. The molecule has 1 aromatic carbocycles. The zero-order chi connectivity index (χ0) is 12.6. The van der Waals surface area contributed by atoms with Crippen molar-refractivity contribution in [3.63, 3.8) is 0 Å². The van der Waals surface area contributed by atoms with E-state index in [1.165, 1.54) is 0 Å². The molecule has 0 fully saturated rings. The van der Waals surface area contributed by atoms with Gasteiger partial charge in [-0.2, -0.15) is 0 Å². The van der Waals surface area contributed by atoms with Crippen LogP contribution in [0, 0.1) is 0 Å². The van der Waals surface area contributed by atoms with Crippen LogP contribution in [0.3, 0.4) is 0 Å². The molecule has 5 nitrogen and oxygen atoms in total. The first kappa shape index (κ1) is 11.6. The number of fused-ring (bicyclic) bond motifs is 1. The fourth-order valence-electron chi connectivity index (χ4n) is 2.05. The highest BCUT2D eigenvalue weighted by atomic mass is 16.5. The Morgan fingerprint density at radius 2 is 2.29 bits per heavy atom. The van der Waals surface area contributed by atoms with Gasteiger partial charge in [0.25, 0.3) is 0 Å². The number of aliphatic carboxylic acids is 1. The van der Waals surface area contributed by atoms with Gasteiger partial charge in [0.2, 0.25) is 0 Å². The lowest BCUT2D eigenvalue weighted by molar-refractivity contribution is -0.139. The van der Waals surface area contributed by atoms with Gasteiger partial charge in [-0.05, 0) is 19.1 Å². The van der Waals surface area contributed by atoms with Crippen LogP contribution in [0.25, 0.3) is 0 Å². The van der Waals surface area contributed by atoms with Gasteiger partial charge in [0.15, 0.2) is 5.75 Å². The molecule has 2 atom stereocenters. The molecule has 17 heavy (non-hydrogen) atoms. The average molecular weight is 236 g/mol. The van der Waals surface area contributed by atoms with Crippen molar-refractivity contribution in [1.82, 2.24) is 0 Å². The molecule has 1 aliphatic rings. The Morgan fingerprint density at radius 3 is 2.94 bits per heavy atom. The summed E-state index contributed by atoms with van der Waals surface area (Å²) in [4.78, 5) is 12.8. The number of likely N-dealkylation sites (N-methyl/N-ethyl adjacent to an activating group) is 1. The SMILES string of the molecule is CC1C(CC(=O)O)Oc2c(N)cccc2N1C. The molecule has 2 unspecified atom stereocenters. The monoisotopic (exact) mass is 236 g/mol. The van der Waals surface area contributed by atoms with E-state index < -0.39 is 5.97 Å². The number of nitrogens with two attached hydrogens (primary N) is 1. The zero-order valence-electron chi connectivity index (χ0n) is 9.88. The number of hydrogen-bond acceptors (Lipinski definition) is 4. The number of anilines is 2. The fourth-order valence-corrected chi connectivity index (χ4v) is 2.05. The maximum absolute atomic E-state index is 10.8. The Kier molecular flexibility index (Phi) is 2.83. The number of hydrogen-bond donors (Lipinski definition) is 2. The van der Waals surface area contributed by atoms with E-state index in [0.717, 1.165) is 5.69 Å². The second kappa shape index (κ2) is 4.16. The van der Waals surface area contributed by atoms with Crippen LogP contribution in [0.1, 0.15) is 13.3 Å². The number of benzene rings is 1. The van der Waals surface area contributed by atoms with E-state index in [9.17, 15) is 4.79 Å². The van der Waals surface area contributed by atoms with E-state index in [1.807, 2.05) is 31.0 Å². The van der Waals surface area contributed by atoms with E-state index in [-0.39, 0.29) is 18.6 Å². The van der Waals surface area contributed by atoms with Gasteiger partial charge in [-0.15, -0.1) is 0 Å². The highest BCUT2D eigenvalue weighted by Crippen LogP contribution is 2.40. The van der Waals surface area contributed by atoms with Gasteiger partial charge in [0.1, 0.15) is 6.10 Å². The molecule has 0 amide bonds. The van der Waals surface area contributed by atoms with Crippen LogP contribution < -0.4 is 15.4 Å². The summed E-state index contributed by atoms with van der Waals surface area (Å²) in [7, 11) is 1.92. The molecule has 0 saturated carbocycles. The van der Waals surface area contributed by atoms with Crippen molar-refractivity contribution in [1.29, 1.82) is 0 Å². The van der Waals surface area contributed by atoms with Gasteiger partial charge in [0.05, 0.1) is 23.8 Å². The van der Waals surface area contributed by atoms with E-state index in [2.05, 4.69) is 0 Å². The van der Waals surface area contributed by atoms with Gasteiger partial charge < -0.3 is 20.5 Å². The number of para-hydroxylation sites is 1. The standard InChI is InChI=1S/C12H16N2O3/c1-7-10(6-11(15)16)17-12-8(13)4-3-5-9(12)14(7)2/h3-5,7,10H,6,13H2,1-2H3,(H,15,16). The van der Waals surface area contributed by atoms with Gasteiger partial charge in [0, 0.05) is 7.05 Å². The van der Waals surface area contributed by atoms with Crippen LogP contribution >= 0.6 is 0 Å². The molecule has 0 bridgehead atoms. The Morgan fingerprint density at radius 1 is 1.59 bits per heavy atom. The van der Waals surface area contributed by atoms with Crippen molar-refractivity contribution in [2.75, 3.05) is 17.7 Å². The Hall–Kier alpha value is -1.91. The van der Waals surface area contributed by atoms with E-state index >= 15 is 0 Å². The second-order valence-corrected chi connectivity index (χ2v) is 4.30. The average Bonchev–Trinajstić information content (AvgIpc) is 2.26. The maximum atomic E-state index is 10.8. The van der Waals surface area contributed by atoms with Crippen molar-refractivity contribution in [2.24, 2.45) is 0 Å². The Bertz CT molecular complexity index is 447. The number of ether oxygens (including phenoxy) is 1. The first-order chi connectivity index (χ1) is 8.00. The van der Waals surface area contributed by atoms with Crippen molar-refractivity contribution in [3.8, 4) is 5.75 Å². The molecule has 1 aliphatic heterocycles. The number of carboxylic acid groups (broad SMARTS) is 1. The van der Waals surface area contributed by atoms with Crippen LogP contribution in [-0.2, 0) is 4.79 Å². The summed E-state index contributed by atoms with van der Waals surface area (Å²) in [6, 6.07) is 5.53. The van der Waals surface area contributed by atoms with Gasteiger partial charge >= 0.3 is 5.97 Å². The van der Waals surface area contributed by atoms with Crippen molar-refractivity contribution < 1.29 is 14.6 Å². The molecule has 3 N–H and O–H groups in total. The third-order valence-corrected chi connectivity index (χ3v) is 3.20. The van der Waals surface area contributed by atoms with Crippen molar-refractivity contribution >= 4 is 17.3 Å². The van der Waals surface area contributed by atoms with Crippen molar-refractivity contribution in [3.05, 3.63) is 18.2 Å². The fraction of sp³-hybridized carbons (Fsp3) is 0.417. The second-order valence-electron chi connectivity index (χ2n) is 4.30. The van der Waals surface area contributed by atoms with Crippen LogP contribution in [0.2, 0.25) is 0 Å². The predicted molar refractivity (Wildman–Crippen MR) is 65.4 cm³/mol. The zero-order valence-corrected chi connectivity index (χ0v) is 9.88. The highest BCUT2D eigenvalue weighted by Gasteiger charge is 2.33. The number of nitrogens with zero attached hydrogens (tertiary/aromatic N) is 1. The first-order valence-electron chi connectivity index (χ1n) is 5.50. The summed E-state index contributed by atoms with van der Waals surface area (Å²) in [5.41, 5.74) is 7.28. The summed E-state index contributed by atoms with van der Waals surface area (Å²) >= 11 is 0. The van der Waals surface area contributed by atoms with Crippen LogP contribution in [0.15, 0.2) is 18.2 Å². The highest BCUT2D eigenvalue weighted by molar-refractivity contribution is 5.73. The number of carboxylic acids is 1. The van der Waals surface area contributed by atoms with Crippen LogP contribution in [0.4, 0.5) is 11.4 Å². The van der Waals surface area contributed by atoms with Crippen LogP contribution in [-0.4, -0.2) is 30.3 Å². The topological polar surface area (TPSA) is 75.8 Å². The summed E-state index contributed by atoms with van der Waals surface area (Å²) < 4.78 is 5.71. The maximum Gasteiger partial charge on any atom is 0.307 e. The molecular formula is C12H16N2O3. The lowest BCUT2D eigenvalue weighted by atomic mass is 10.0. The normalized spacial score (nSPS) is 22.8. The molecule has 5 heteroatoms. The molecule has 92 valence electrons. The summed E-state index contributed by atoms with van der Waals surface area (Å²) in [5, 5.41) is 8.86. The van der Waals surface area contributed by atoms with Gasteiger partial charge in [-0.25, -0.2) is 0 Å². The first-order valence-corrected chi connectivity index (χ1v) is 5.50. The molecule has 1 heterocycles. The molecule has 0 aliphatic carbocycles. The van der Waals surface area contributed by atoms with Gasteiger partial charge in [-0.3, -0.25) is 4.79 Å². The lowest BCUT2D eigenvalue weighted by Gasteiger charge is -2.39. The quantitative estimate of drug-likeness (QED) is 0.757. The van der Waals surface area contributed by atoms with Crippen molar-refractivity contribution in [2.45, 2.75) is 25.5 Å². The lowest BCUT2D eigenvalue weighted by Crippen LogP contribution is -2.47. The molecule has 2 rings (SSSR count).